The van der Waals surface area contributed by atoms with Gasteiger partial charge in [-0.2, -0.15) is 0 Å². The predicted molar refractivity (Wildman–Crippen MR) is 157 cm³/mol. The van der Waals surface area contributed by atoms with Gasteiger partial charge in [0, 0.05) is 13.1 Å². The largest absolute Gasteiger partial charge is 0.490 e. The Morgan fingerprint density at radius 3 is 2.63 bits per heavy atom. The van der Waals surface area contributed by atoms with E-state index in [4.69, 9.17) is 21.3 Å². The SMILES string of the molecule is C[C@@H]1[C@@H](C)S(=O)(=O)NC(=O)c2ccc3c(n2)N(Cc2ccc(Cl)c(F)c2CCCCO3)C[C@@H]2CC[C@H]2CC2=C[C@H]1C2. The summed E-state index contributed by atoms with van der Waals surface area (Å²) in [6.45, 7) is 5.07. The van der Waals surface area contributed by atoms with Gasteiger partial charge in [-0.3, -0.25) is 4.79 Å². The van der Waals surface area contributed by atoms with Crippen molar-refractivity contribution in [3.63, 3.8) is 0 Å². The number of carbonyl (C=O) groups is 1. The minimum atomic E-state index is -3.93. The van der Waals surface area contributed by atoms with Crippen LogP contribution >= 0.6 is 11.6 Å². The van der Waals surface area contributed by atoms with Crippen molar-refractivity contribution in [2.45, 2.75) is 70.6 Å². The third kappa shape index (κ3) is 5.59. The molecule has 41 heavy (non-hydrogen) atoms. The topological polar surface area (TPSA) is 88.6 Å². The Bertz CT molecular complexity index is 1500. The molecule has 7 rings (SSSR count). The first kappa shape index (κ1) is 28.5. The number of nitrogens with one attached hydrogen (secondary N) is 1. The first-order chi connectivity index (χ1) is 19.6. The Labute approximate surface area is 246 Å². The number of halogens is 2. The molecule has 4 heterocycles. The first-order valence-electron chi connectivity index (χ1n) is 14.7. The summed E-state index contributed by atoms with van der Waals surface area (Å²) in [5.41, 5.74) is 2.82. The van der Waals surface area contributed by atoms with E-state index in [-0.39, 0.29) is 28.4 Å². The van der Waals surface area contributed by atoms with E-state index in [1.807, 2.05) is 13.0 Å². The summed E-state index contributed by atoms with van der Waals surface area (Å²) in [5.74, 6) is 0.848. The fourth-order valence-corrected chi connectivity index (χ4v) is 8.20. The maximum Gasteiger partial charge on any atom is 0.283 e. The molecule has 4 bridgehead atoms. The molecule has 1 amide bonds. The molecule has 0 unspecified atom stereocenters. The average Bonchev–Trinajstić information content (AvgIpc) is 2.94. The van der Waals surface area contributed by atoms with Crippen molar-refractivity contribution in [3.05, 3.63) is 63.6 Å². The molecule has 7 nitrogen and oxygen atoms in total. The van der Waals surface area contributed by atoms with Gasteiger partial charge in [0.15, 0.2) is 11.6 Å². The number of anilines is 1. The molecule has 0 saturated heterocycles. The number of sulfonamides is 1. The van der Waals surface area contributed by atoms with Crippen LogP contribution in [0.15, 0.2) is 35.9 Å². The lowest BCUT2D eigenvalue weighted by Gasteiger charge is -2.43. The summed E-state index contributed by atoms with van der Waals surface area (Å²) in [6, 6.07) is 6.69. The van der Waals surface area contributed by atoms with Crippen molar-refractivity contribution in [2.75, 3.05) is 18.1 Å². The Hall–Kier alpha value is -2.65. The van der Waals surface area contributed by atoms with Crippen LogP contribution in [-0.4, -0.2) is 37.7 Å². The number of nitrogens with zero attached hydrogens (tertiary/aromatic N) is 2. The smallest absolute Gasteiger partial charge is 0.283 e. The number of carbonyl (C=O) groups excluding carboxylic acids is 1. The number of hydrogen-bond donors (Lipinski definition) is 1. The maximum absolute atomic E-state index is 15.3. The molecule has 220 valence electrons. The summed E-state index contributed by atoms with van der Waals surface area (Å²) >= 11 is 6.18. The van der Waals surface area contributed by atoms with Gasteiger partial charge in [-0.05, 0) is 105 Å². The average molecular weight is 602 g/mol. The number of benzene rings is 1. The molecular weight excluding hydrogens is 565 g/mol. The van der Waals surface area contributed by atoms with E-state index in [0.717, 1.165) is 37.7 Å². The molecule has 10 heteroatoms. The molecule has 1 saturated carbocycles. The van der Waals surface area contributed by atoms with E-state index in [9.17, 15) is 13.2 Å². The molecule has 0 radical (unpaired) electrons. The van der Waals surface area contributed by atoms with Gasteiger partial charge in [0.25, 0.3) is 5.91 Å². The number of fused-ring (bicyclic) bond motifs is 5. The van der Waals surface area contributed by atoms with E-state index in [0.29, 0.717) is 61.5 Å². The molecule has 2 aliphatic carbocycles. The third-order valence-corrected chi connectivity index (χ3v) is 11.9. The first-order valence-corrected chi connectivity index (χ1v) is 16.6. The van der Waals surface area contributed by atoms with E-state index >= 15 is 4.39 Å². The van der Waals surface area contributed by atoms with Crippen molar-refractivity contribution >= 4 is 33.3 Å². The van der Waals surface area contributed by atoms with Crippen molar-refractivity contribution in [3.8, 4) is 5.75 Å². The van der Waals surface area contributed by atoms with Gasteiger partial charge in [0.05, 0.1) is 16.9 Å². The minimum Gasteiger partial charge on any atom is -0.490 e. The van der Waals surface area contributed by atoms with Gasteiger partial charge < -0.3 is 9.64 Å². The highest BCUT2D eigenvalue weighted by Crippen LogP contribution is 2.46. The lowest BCUT2D eigenvalue weighted by molar-refractivity contribution is 0.0975. The zero-order chi connectivity index (χ0) is 28.9. The van der Waals surface area contributed by atoms with Crippen LogP contribution in [0.1, 0.15) is 74.0 Å². The Kier molecular flexibility index (Phi) is 7.78. The van der Waals surface area contributed by atoms with Crippen LogP contribution in [0.2, 0.25) is 5.02 Å². The number of amides is 1. The molecule has 2 aromatic rings. The van der Waals surface area contributed by atoms with Crippen LogP contribution in [0.4, 0.5) is 10.2 Å². The molecule has 3 aliphatic heterocycles. The number of pyridine rings is 1. The summed E-state index contributed by atoms with van der Waals surface area (Å²) in [4.78, 5) is 20.1. The van der Waals surface area contributed by atoms with Gasteiger partial charge in [0.2, 0.25) is 10.0 Å². The zero-order valence-corrected chi connectivity index (χ0v) is 25.1. The number of ether oxygens (including phenoxy) is 1. The molecule has 1 fully saturated rings. The molecular formula is C31H37ClFN3O4S. The monoisotopic (exact) mass is 601 g/mol. The molecule has 1 aromatic carbocycles. The second-order valence-electron chi connectivity index (χ2n) is 12.2. The highest BCUT2D eigenvalue weighted by molar-refractivity contribution is 7.90. The zero-order valence-electron chi connectivity index (χ0n) is 23.5. The molecule has 5 atom stereocenters. The van der Waals surface area contributed by atoms with Crippen molar-refractivity contribution in [1.82, 2.24) is 9.71 Å². The number of rotatable bonds is 0. The van der Waals surface area contributed by atoms with Gasteiger partial charge in [-0.15, -0.1) is 0 Å². The Balaban J connectivity index is 1.44. The van der Waals surface area contributed by atoms with Crippen LogP contribution in [0.5, 0.6) is 5.75 Å². The fraction of sp³-hybridized carbons (Fsp3) is 0.548. The van der Waals surface area contributed by atoms with E-state index in [1.165, 1.54) is 11.6 Å². The lowest BCUT2D eigenvalue weighted by Crippen LogP contribution is -2.43. The number of allylic oxidation sites excluding steroid dienone is 2. The van der Waals surface area contributed by atoms with E-state index < -0.39 is 21.2 Å². The van der Waals surface area contributed by atoms with Crippen LogP contribution < -0.4 is 14.4 Å². The summed E-state index contributed by atoms with van der Waals surface area (Å²) in [7, 11) is -3.93. The quantitative estimate of drug-likeness (QED) is 0.370. The van der Waals surface area contributed by atoms with Crippen LogP contribution in [0.25, 0.3) is 0 Å². The third-order valence-electron chi connectivity index (χ3n) is 9.75. The normalized spacial score (nSPS) is 29.7. The summed E-state index contributed by atoms with van der Waals surface area (Å²) in [6.07, 6.45) is 8.37. The number of hydrogen-bond acceptors (Lipinski definition) is 6. The van der Waals surface area contributed by atoms with Crippen LogP contribution in [0, 0.1) is 29.5 Å². The van der Waals surface area contributed by atoms with Crippen molar-refractivity contribution < 1.29 is 22.3 Å². The molecule has 0 spiro atoms. The van der Waals surface area contributed by atoms with Gasteiger partial charge in [0.1, 0.15) is 11.5 Å². The predicted octanol–water partition coefficient (Wildman–Crippen LogP) is 6.06. The summed E-state index contributed by atoms with van der Waals surface area (Å²) < 4.78 is 50.2. The molecule has 1 aromatic heterocycles. The second-order valence-corrected chi connectivity index (χ2v) is 14.7. The van der Waals surface area contributed by atoms with Crippen LogP contribution in [-0.2, 0) is 23.0 Å². The summed E-state index contributed by atoms with van der Waals surface area (Å²) in [5, 5.41) is -0.631. The fourth-order valence-electron chi connectivity index (χ4n) is 6.70. The maximum atomic E-state index is 15.3. The van der Waals surface area contributed by atoms with Crippen molar-refractivity contribution in [1.29, 1.82) is 0 Å². The lowest BCUT2D eigenvalue weighted by atomic mass is 9.66. The highest BCUT2D eigenvalue weighted by atomic mass is 35.5. The molecule has 1 N–H and O–H groups in total. The molecule has 5 aliphatic rings. The van der Waals surface area contributed by atoms with Gasteiger partial charge in [-0.1, -0.05) is 36.2 Å². The minimum absolute atomic E-state index is 0.00115. The number of aromatic nitrogens is 1. The van der Waals surface area contributed by atoms with Gasteiger partial charge in [-0.25, -0.2) is 22.5 Å². The Morgan fingerprint density at radius 1 is 1.10 bits per heavy atom. The highest BCUT2D eigenvalue weighted by Gasteiger charge is 2.39. The van der Waals surface area contributed by atoms with Crippen molar-refractivity contribution in [2.24, 2.45) is 23.7 Å². The Morgan fingerprint density at radius 2 is 1.88 bits per heavy atom. The van der Waals surface area contributed by atoms with Gasteiger partial charge >= 0.3 is 0 Å². The van der Waals surface area contributed by atoms with E-state index in [1.54, 1.807) is 19.1 Å². The van der Waals surface area contributed by atoms with E-state index in [2.05, 4.69) is 15.7 Å². The second kappa shape index (κ2) is 11.2. The standard InChI is InChI=1S/C31H37ClFN3O4S/c1-18-19(2)41(38,39)35-31(37)27-10-11-28-30(34-27)36(16-22-7-6-21(22)13-20-14-24(18)15-20)17-23-8-9-26(32)29(33)25(23)5-3-4-12-40-28/h8-11,14,18-19,21-22,24H,3-7,12-13,15-17H2,1-2H3,(H,35,37)/t18-,19-,21+,22+,24+/m1/s1. The van der Waals surface area contributed by atoms with Crippen LogP contribution in [0.3, 0.4) is 0 Å².